The molecule has 0 aliphatic rings. The van der Waals surface area contributed by atoms with E-state index in [1.165, 1.54) is 6.20 Å². The van der Waals surface area contributed by atoms with Gasteiger partial charge in [0.2, 0.25) is 0 Å². The van der Waals surface area contributed by atoms with Gasteiger partial charge in [-0.2, -0.15) is 11.8 Å². The van der Waals surface area contributed by atoms with Crippen LogP contribution in [0, 0.1) is 0 Å². The molecule has 0 amide bonds. The molecule has 1 aromatic rings. The Balaban J connectivity index is 2.56. The van der Waals surface area contributed by atoms with Crippen LogP contribution in [0.1, 0.15) is 26.2 Å². The number of unbranched alkanes of at least 4 members (excludes halogenated alkanes) is 2. The molecule has 5 nitrogen and oxygen atoms in total. The molecule has 0 bridgehead atoms. The maximum atomic E-state index is 12.2. The molecule has 1 aromatic heterocycles. The molecule has 114 valence electrons. The van der Waals surface area contributed by atoms with E-state index in [4.69, 9.17) is 0 Å². The van der Waals surface area contributed by atoms with Gasteiger partial charge in [0.05, 0.1) is 5.69 Å². The average molecular weight is 317 g/mol. The lowest BCUT2D eigenvalue weighted by molar-refractivity contribution is 0.573. The Bertz CT molecular complexity index is 492. The molecule has 0 saturated heterocycles. The predicted octanol–water partition coefficient (Wildman–Crippen LogP) is 2.33. The third-order valence-corrected chi connectivity index (χ3v) is 4.83. The van der Waals surface area contributed by atoms with Crippen molar-refractivity contribution in [2.45, 2.75) is 31.2 Å². The molecule has 7 heteroatoms. The molecule has 0 aliphatic heterocycles. The minimum atomic E-state index is -3.53. The zero-order chi connectivity index (χ0) is 14.8. The van der Waals surface area contributed by atoms with Crippen molar-refractivity contribution in [3.8, 4) is 0 Å². The van der Waals surface area contributed by atoms with Gasteiger partial charge in [0.1, 0.15) is 0 Å². The minimum absolute atomic E-state index is 0.0750. The van der Waals surface area contributed by atoms with E-state index in [0.717, 1.165) is 25.0 Å². The number of hydrogen-bond acceptors (Lipinski definition) is 5. The molecule has 2 N–H and O–H groups in total. The van der Waals surface area contributed by atoms with E-state index in [0.29, 0.717) is 18.8 Å². The molecule has 1 heterocycles. The van der Waals surface area contributed by atoms with E-state index >= 15 is 0 Å². The van der Waals surface area contributed by atoms with E-state index < -0.39 is 10.0 Å². The van der Waals surface area contributed by atoms with Crippen LogP contribution in [-0.2, 0) is 10.0 Å². The van der Waals surface area contributed by atoms with Crippen molar-refractivity contribution in [1.29, 1.82) is 0 Å². The van der Waals surface area contributed by atoms with Crippen LogP contribution in [0.15, 0.2) is 23.4 Å². The summed E-state index contributed by atoms with van der Waals surface area (Å²) in [5.74, 6) is 1.12. The Labute approximate surface area is 126 Å². The monoisotopic (exact) mass is 317 g/mol. The summed E-state index contributed by atoms with van der Waals surface area (Å²) in [7, 11) is -3.53. The summed E-state index contributed by atoms with van der Waals surface area (Å²) in [6, 6.07) is 3.45. The Morgan fingerprint density at radius 3 is 2.80 bits per heavy atom. The lowest BCUT2D eigenvalue weighted by Gasteiger charge is -2.11. The Morgan fingerprint density at radius 1 is 1.30 bits per heavy atom. The third kappa shape index (κ3) is 5.68. The lowest BCUT2D eigenvalue weighted by Crippen LogP contribution is -2.26. The molecule has 0 spiro atoms. The van der Waals surface area contributed by atoms with Gasteiger partial charge in [-0.3, -0.25) is 0 Å². The summed E-state index contributed by atoms with van der Waals surface area (Å²) in [5, 5.41) is 3.09. The smallest absolute Gasteiger partial charge is 0.260 e. The summed E-state index contributed by atoms with van der Waals surface area (Å²) >= 11 is 1.81. The fourth-order valence-electron chi connectivity index (χ4n) is 1.75. The average Bonchev–Trinajstić information content (AvgIpc) is 2.43. The zero-order valence-corrected chi connectivity index (χ0v) is 13.7. The maximum absolute atomic E-state index is 12.2. The van der Waals surface area contributed by atoms with E-state index in [-0.39, 0.29) is 5.03 Å². The van der Waals surface area contributed by atoms with Crippen LogP contribution in [0.3, 0.4) is 0 Å². The van der Waals surface area contributed by atoms with Crippen LogP contribution >= 0.6 is 11.8 Å². The number of nitrogens with one attached hydrogen (secondary N) is 2. The fourth-order valence-corrected chi connectivity index (χ4v) is 3.42. The minimum Gasteiger partial charge on any atom is -0.383 e. The van der Waals surface area contributed by atoms with E-state index in [2.05, 4.69) is 21.3 Å². The van der Waals surface area contributed by atoms with Gasteiger partial charge in [-0.05, 0) is 43.9 Å². The molecule has 0 unspecified atom stereocenters. The highest BCUT2D eigenvalue weighted by atomic mass is 32.2. The summed E-state index contributed by atoms with van der Waals surface area (Å²) in [6.45, 7) is 3.03. The molecule has 0 fully saturated rings. The highest BCUT2D eigenvalue weighted by Crippen LogP contribution is 2.17. The summed E-state index contributed by atoms with van der Waals surface area (Å²) in [5.41, 5.74) is 0.546. The molecule has 1 rings (SSSR count). The van der Waals surface area contributed by atoms with Crippen molar-refractivity contribution in [1.82, 2.24) is 9.71 Å². The van der Waals surface area contributed by atoms with Crippen molar-refractivity contribution in [2.75, 3.05) is 30.4 Å². The van der Waals surface area contributed by atoms with Crippen LogP contribution in [0.25, 0.3) is 0 Å². The molecule has 0 radical (unpaired) electrons. The second-order valence-electron chi connectivity index (χ2n) is 4.34. The van der Waals surface area contributed by atoms with E-state index in [1.54, 1.807) is 12.1 Å². The van der Waals surface area contributed by atoms with Gasteiger partial charge < -0.3 is 5.32 Å². The van der Waals surface area contributed by atoms with E-state index in [1.807, 2.05) is 18.7 Å². The first-order valence-electron chi connectivity index (χ1n) is 6.79. The first kappa shape index (κ1) is 17.3. The molecular weight excluding hydrogens is 294 g/mol. The van der Waals surface area contributed by atoms with Gasteiger partial charge in [0.25, 0.3) is 10.0 Å². The Morgan fingerprint density at radius 2 is 2.10 bits per heavy atom. The SMILES string of the molecule is CCNc1cccnc1S(=O)(=O)NCCCCCSC. The summed E-state index contributed by atoms with van der Waals surface area (Å²) < 4.78 is 27.0. The summed E-state index contributed by atoms with van der Waals surface area (Å²) in [4.78, 5) is 3.98. The van der Waals surface area contributed by atoms with Gasteiger partial charge in [-0.1, -0.05) is 6.42 Å². The first-order valence-corrected chi connectivity index (χ1v) is 9.67. The van der Waals surface area contributed by atoms with Crippen molar-refractivity contribution >= 4 is 27.5 Å². The normalized spacial score (nSPS) is 11.5. The van der Waals surface area contributed by atoms with Crippen molar-refractivity contribution in [2.24, 2.45) is 0 Å². The lowest BCUT2D eigenvalue weighted by atomic mass is 10.2. The van der Waals surface area contributed by atoms with Gasteiger partial charge in [-0.15, -0.1) is 0 Å². The van der Waals surface area contributed by atoms with Crippen molar-refractivity contribution in [3.05, 3.63) is 18.3 Å². The molecule has 20 heavy (non-hydrogen) atoms. The van der Waals surface area contributed by atoms with E-state index in [9.17, 15) is 8.42 Å². The van der Waals surface area contributed by atoms with Crippen LogP contribution < -0.4 is 10.0 Å². The molecule has 0 aliphatic carbocycles. The van der Waals surface area contributed by atoms with Gasteiger partial charge in [-0.25, -0.2) is 18.1 Å². The molecule has 0 aromatic carbocycles. The van der Waals surface area contributed by atoms with Crippen LogP contribution in [0.5, 0.6) is 0 Å². The highest BCUT2D eigenvalue weighted by Gasteiger charge is 2.18. The molecule has 0 atom stereocenters. The molecular formula is C13H23N3O2S2. The van der Waals surface area contributed by atoms with Gasteiger partial charge in [0, 0.05) is 19.3 Å². The fraction of sp³-hybridized carbons (Fsp3) is 0.615. The number of sulfonamides is 1. The van der Waals surface area contributed by atoms with Crippen LogP contribution in [0.4, 0.5) is 5.69 Å². The number of aromatic nitrogens is 1. The number of nitrogens with zero attached hydrogens (tertiary/aromatic N) is 1. The van der Waals surface area contributed by atoms with Crippen LogP contribution in [0.2, 0.25) is 0 Å². The Kier molecular flexibility index (Phi) is 7.94. The number of rotatable bonds is 10. The third-order valence-electron chi connectivity index (χ3n) is 2.71. The number of hydrogen-bond donors (Lipinski definition) is 2. The number of anilines is 1. The van der Waals surface area contributed by atoms with Gasteiger partial charge in [0.15, 0.2) is 5.03 Å². The summed E-state index contributed by atoms with van der Waals surface area (Å²) in [6.07, 6.45) is 6.57. The zero-order valence-electron chi connectivity index (χ0n) is 12.1. The van der Waals surface area contributed by atoms with Crippen molar-refractivity contribution in [3.63, 3.8) is 0 Å². The largest absolute Gasteiger partial charge is 0.383 e. The highest BCUT2D eigenvalue weighted by molar-refractivity contribution is 7.98. The second-order valence-corrected chi connectivity index (χ2v) is 7.01. The van der Waals surface area contributed by atoms with Crippen LogP contribution in [-0.4, -0.2) is 38.5 Å². The number of thioether (sulfide) groups is 1. The van der Waals surface area contributed by atoms with Crippen molar-refractivity contribution < 1.29 is 8.42 Å². The topological polar surface area (TPSA) is 71.1 Å². The maximum Gasteiger partial charge on any atom is 0.260 e. The van der Waals surface area contributed by atoms with Gasteiger partial charge >= 0.3 is 0 Å². The first-order chi connectivity index (χ1) is 9.61. The standard InChI is InChI=1S/C13H23N3O2S2/c1-3-14-12-8-7-9-15-13(12)20(17,18)16-10-5-4-6-11-19-2/h7-9,14,16H,3-6,10-11H2,1-2H3. The predicted molar refractivity (Wildman–Crippen MR) is 85.8 cm³/mol. The number of pyridine rings is 1. The Hall–Kier alpha value is -0.790. The molecule has 0 saturated carbocycles. The quantitative estimate of drug-likeness (QED) is 0.648. The second kappa shape index (κ2) is 9.20.